The maximum absolute atomic E-state index is 13.0. The molecule has 1 saturated carbocycles. The van der Waals surface area contributed by atoms with Crippen molar-refractivity contribution in [2.24, 2.45) is 21.8 Å². The minimum Gasteiger partial charge on any atom is -0.493 e. The van der Waals surface area contributed by atoms with Crippen LogP contribution in [0.3, 0.4) is 0 Å². The van der Waals surface area contributed by atoms with E-state index in [0.29, 0.717) is 40.7 Å². The standard InChI is InChI=1S/C24H31N5O6S/c1-14-4-8-17(36(26,32)33)13-18(14)27-23(31)19(10-15-5-6-15)28-24(25)29-22(30)12-16-7-9-20(34-2)21(11-16)35-3/h4,7-9,11,13,15,19H,5-6,10,12H2,1-3H3,(H,27,31)(H2,26,32,33)(H3,25,28,29,30)/t19-/m1/s1. The molecule has 36 heavy (non-hydrogen) atoms. The number of carbonyl (C=O) groups excluding carboxylic acids is 2. The Hall–Kier alpha value is -3.64. The fourth-order valence-corrected chi connectivity index (χ4v) is 4.12. The smallest absolute Gasteiger partial charge is 0.249 e. The van der Waals surface area contributed by atoms with Crippen molar-refractivity contribution in [1.29, 1.82) is 0 Å². The van der Waals surface area contributed by atoms with Crippen molar-refractivity contribution in [3.05, 3.63) is 47.5 Å². The third-order valence-corrected chi connectivity index (χ3v) is 6.64. The van der Waals surface area contributed by atoms with Crippen LogP contribution in [-0.4, -0.2) is 46.5 Å². The zero-order chi connectivity index (χ0) is 26.5. The summed E-state index contributed by atoms with van der Waals surface area (Å²) in [6.45, 7) is 1.73. The molecule has 6 N–H and O–H groups in total. The number of amides is 2. The first-order valence-corrected chi connectivity index (χ1v) is 12.8. The number of guanidine groups is 1. The number of ether oxygens (including phenoxy) is 2. The number of nitrogens with zero attached hydrogens (tertiary/aromatic N) is 1. The SMILES string of the molecule is COc1ccc(CC(=O)NC(N)=N[C@H](CC2CC2)C(=O)Nc2cc(S(N)(=O)=O)ccc2C)cc1OC. The normalized spacial score (nSPS) is 14.6. The van der Waals surface area contributed by atoms with Crippen molar-refractivity contribution in [2.45, 2.75) is 43.5 Å². The molecule has 1 fully saturated rings. The first-order chi connectivity index (χ1) is 17.0. The molecule has 194 valence electrons. The zero-order valence-electron chi connectivity index (χ0n) is 20.4. The minimum atomic E-state index is -3.94. The lowest BCUT2D eigenvalue weighted by Gasteiger charge is -2.16. The van der Waals surface area contributed by atoms with Gasteiger partial charge in [0.15, 0.2) is 17.5 Å². The first kappa shape index (κ1) is 27.0. The summed E-state index contributed by atoms with van der Waals surface area (Å²) in [6.07, 6.45) is 2.41. The van der Waals surface area contributed by atoms with E-state index in [1.807, 2.05) is 0 Å². The average Bonchev–Trinajstić information content (AvgIpc) is 3.63. The Morgan fingerprint density at radius 2 is 1.81 bits per heavy atom. The largest absolute Gasteiger partial charge is 0.493 e. The molecule has 12 heteroatoms. The number of rotatable bonds is 10. The lowest BCUT2D eigenvalue weighted by Crippen LogP contribution is -2.40. The highest BCUT2D eigenvalue weighted by Crippen LogP contribution is 2.34. The highest BCUT2D eigenvalue weighted by Gasteiger charge is 2.30. The summed E-state index contributed by atoms with van der Waals surface area (Å²) in [7, 11) is -0.910. The van der Waals surface area contributed by atoms with Gasteiger partial charge in [0.2, 0.25) is 21.8 Å². The topological polar surface area (TPSA) is 175 Å². The summed E-state index contributed by atoms with van der Waals surface area (Å²) < 4.78 is 33.8. The molecule has 2 aromatic rings. The molecule has 1 aliphatic rings. The van der Waals surface area contributed by atoms with Gasteiger partial charge in [-0.05, 0) is 54.7 Å². The number of methoxy groups -OCH3 is 2. The number of hydrogen-bond donors (Lipinski definition) is 4. The molecule has 0 saturated heterocycles. The van der Waals surface area contributed by atoms with Crippen LogP contribution in [-0.2, 0) is 26.0 Å². The maximum Gasteiger partial charge on any atom is 0.249 e. The number of sulfonamides is 1. The molecule has 0 heterocycles. The van der Waals surface area contributed by atoms with Gasteiger partial charge >= 0.3 is 0 Å². The van der Waals surface area contributed by atoms with Crippen LogP contribution in [0, 0.1) is 12.8 Å². The van der Waals surface area contributed by atoms with E-state index < -0.39 is 27.9 Å². The van der Waals surface area contributed by atoms with Gasteiger partial charge in [-0.1, -0.05) is 25.0 Å². The van der Waals surface area contributed by atoms with Crippen LogP contribution in [0.4, 0.5) is 5.69 Å². The zero-order valence-corrected chi connectivity index (χ0v) is 21.2. The van der Waals surface area contributed by atoms with Gasteiger partial charge in [-0.25, -0.2) is 18.5 Å². The van der Waals surface area contributed by atoms with E-state index in [2.05, 4.69) is 15.6 Å². The van der Waals surface area contributed by atoms with Gasteiger partial charge in [0, 0.05) is 5.69 Å². The van der Waals surface area contributed by atoms with Gasteiger partial charge in [-0.3, -0.25) is 14.9 Å². The molecule has 0 aromatic heterocycles. The Kier molecular flexibility index (Phi) is 8.53. The van der Waals surface area contributed by atoms with Crippen LogP contribution in [0.5, 0.6) is 11.5 Å². The van der Waals surface area contributed by atoms with Crippen molar-refractivity contribution >= 4 is 33.5 Å². The lowest BCUT2D eigenvalue weighted by molar-refractivity contribution is -0.119. The van der Waals surface area contributed by atoms with Gasteiger partial charge < -0.3 is 20.5 Å². The highest BCUT2D eigenvalue weighted by atomic mass is 32.2. The molecule has 2 amide bonds. The van der Waals surface area contributed by atoms with Crippen molar-refractivity contribution in [1.82, 2.24) is 5.32 Å². The second kappa shape index (κ2) is 11.4. The van der Waals surface area contributed by atoms with Crippen LogP contribution in [0.25, 0.3) is 0 Å². The molecule has 1 aliphatic carbocycles. The molecule has 0 spiro atoms. The van der Waals surface area contributed by atoms with E-state index in [1.165, 1.54) is 26.4 Å². The van der Waals surface area contributed by atoms with Gasteiger partial charge in [-0.15, -0.1) is 0 Å². The van der Waals surface area contributed by atoms with E-state index >= 15 is 0 Å². The Balaban J connectivity index is 1.71. The fourth-order valence-electron chi connectivity index (χ4n) is 3.58. The number of anilines is 1. The van der Waals surface area contributed by atoms with Crippen LogP contribution in [0.15, 0.2) is 46.3 Å². The molecular weight excluding hydrogens is 486 g/mol. The fraction of sp³-hybridized carbons (Fsp3) is 0.375. The van der Waals surface area contributed by atoms with Gasteiger partial charge in [0.05, 0.1) is 25.5 Å². The molecule has 0 aliphatic heterocycles. The Labute approximate surface area is 210 Å². The second-order valence-electron chi connectivity index (χ2n) is 8.63. The first-order valence-electron chi connectivity index (χ1n) is 11.3. The number of carbonyl (C=O) groups is 2. The number of nitrogens with one attached hydrogen (secondary N) is 2. The van der Waals surface area contributed by atoms with Gasteiger partial charge in [-0.2, -0.15) is 0 Å². The number of primary sulfonamides is 1. The Morgan fingerprint density at radius 3 is 2.42 bits per heavy atom. The monoisotopic (exact) mass is 517 g/mol. The Bertz CT molecular complexity index is 1270. The third kappa shape index (κ3) is 7.43. The molecule has 0 unspecified atom stereocenters. The number of benzene rings is 2. The summed E-state index contributed by atoms with van der Waals surface area (Å²) in [6, 6.07) is 8.47. The quantitative estimate of drug-likeness (QED) is 0.272. The predicted molar refractivity (Wildman–Crippen MR) is 135 cm³/mol. The van der Waals surface area contributed by atoms with Crippen LogP contribution in [0.1, 0.15) is 30.4 Å². The summed E-state index contributed by atoms with van der Waals surface area (Å²) in [4.78, 5) is 29.7. The van der Waals surface area contributed by atoms with Crippen LogP contribution in [0.2, 0.25) is 0 Å². The summed E-state index contributed by atoms with van der Waals surface area (Å²) in [5.41, 5.74) is 7.60. The van der Waals surface area contributed by atoms with E-state index in [0.717, 1.165) is 12.8 Å². The van der Waals surface area contributed by atoms with E-state index in [1.54, 1.807) is 31.2 Å². The summed E-state index contributed by atoms with van der Waals surface area (Å²) in [5.74, 6) is 0.307. The third-order valence-electron chi connectivity index (χ3n) is 5.73. The molecule has 2 aromatic carbocycles. The van der Waals surface area contributed by atoms with Crippen LogP contribution < -0.4 is 31.0 Å². The van der Waals surface area contributed by atoms with Crippen molar-refractivity contribution in [2.75, 3.05) is 19.5 Å². The highest BCUT2D eigenvalue weighted by molar-refractivity contribution is 7.89. The molecule has 0 radical (unpaired) electrons. The predicted octanol–water partition coefficient (Wildman–Crippen LogP) is 1.44. The molecule has 0 bridgehead atoms. The molecule has 3 rings (SSSR count). The minimum absolute atomic E-state index is 0.00954. The number of nitrogens with two attached hydrogens (primary N) is 2. The van der Waals surface area contributed by atoms with E-state index in [4.69, 9.17) is 20.3 Å². The Morgan fingerprint density at radius 1 is 1.11 bits per heavy atom. The summed E-state index contributed by atoms with van der Waals surface area (Å²) in [5, 5.41) is 10.4. The van der Waals surface area contributed by atoms with Gasteiger partial charge in [0.1, 0.15) is 6.04 Å². The van der Waals surface area contributed by atoms with E-state index in [9.17, 15) is 18.0 Å². The van der Waals surface area contributed by atoms with Crippen molar-refractivity contribution in [3.8, 4) is 11.5 Å². The number of aryl methyl sites for hydroxylation is 1. The van der Waals surface area contributed by atoms with Crippen LogP contribution >= 0.6 is 0 Å². The van der Waals surface area contributed by atoms with Crippen molar-refractivity contribution < 1.29 is 27.5 Å². The molecular formula is C24H31N5O6S. The molecule has 11 nitrogen and oxygen atoms in total. The van der Waals surface area contributed by atoms with E-state index in [-0.39, 0.29) is 17.3 Å². The molecule has 1 atom stereocenters. The lowest BCUT2D eigenvalue weighted by atomic mass is 10.1. The van der Waals surface area contributed by atoms with Crippen molar-refractivity contribution in [3.63, 3.8) is 0 Å². The van der Waals surface area contributed by atoms with Gasteiger partial charge in [0.25, 0.3) is 0 Å². The second-order valence-corrected chi connectivity index (χ2v) is 10.2. The average molecular weight is 518 g/mol. The number of aliphatic imine (C=N–C) groups is 1. The number of hydrogen-bond acceptors (Lipinski definition) is 7. The summed E-state index contributed by atoms with van der Waals surface area (Å²) >= 11 is 0. The maximum atomic E-state index is 13.0.